The van der Waals surface area contributed by atoms with Gasteiger partial charge in [0.1, 0.15) is 5.54 Å². The van der Waals surface area contributed by atoms with Gasteiger partial charge in [-0.2, -0.15) is 0 Å². The molecule has 1 rings (SSSR count). The number of rotatable bonds is 6. The Hall–Kier alpha value is -0.610. The second-order valence-electron chi connectivity index (χ2n) is 6.46. The molecule has 0 saturated carbocycles. The number of nitrogens with one attached hydrogen (secondary N) is 1. The highest BCUT2D eigenvalue weighted by atomic mass is 16.4. The Kier molecular flexibility index (Phi) is 5.81. The van der Waals surface area contributed by atoms with Crippen molar-refractivity contribution < 1.29 is 9.90 Å². The van der Waals surface area contributed by atoms with Gasteiger partial charge in [0.05, 0.1) is 0 Å². The Bertz CT molecular complexity index is 309. The molecule has 1 heterocycles. The van der Waals surface area contributed by atoms with E-state index in [1.54, 1.807) is 6.92 Å². The number of carboxylic acid groups (broad SMARTS) is 1. The number of piperidine rings is 1. The predicted molar refractivity (Wildman–Crippen MR) is 78.3 cm³/mol. The zero-order chi connectivity index (χ0) is 14.6. The summed E-state index contributed by atoms with van der Waals surface area (Å²) in [4.78, 5) is 13.9. The van der Waals surface area contributed by atoms with E-state index in [1.165, 1.54) is 6.42 Å². The summed E-state index contributed by atoms with van der Waals surface area (Å²) < 4.78 is 0. The van der Waals surface area contributed by atoms with Gasteiger partial charge in [-0.05, 0) is 51.6 Å². The molecule has 0 aromatic rings. The molecule has 0 aliphatic carbocycles. The van der Waals surface area contributed by atoms with Gasteiger partial charge in [0.2, 0.25) is 0 Å². The second kappa shape index (κ2) is 6.71. The van der Waals surface area contributed by atoms with Crippen LogP contribution in [0.15, 0.2) is 0 Å². The molecular weight excluding hydrogens is 240 g/mol. The van der Waals surface area contributed by atoms with Crippen molar-refractivity contribution in [1.82, 2.24) is 10.2 Å². The average molecular weight is 270 g/mol. The van der Waals surface area contributed by atoms with Crippen LogP contribution in [0.2, 0.25) is 0 Å². The van der Waals surface area contributed by atoms with Crippen LogP contribution in [-0.4, -0.2) is 47.2 Å². The molecule has 0 spiro atoms. The molecule has 19 heavy (non-hydrogen) atoms. The SMILES string of the molecule is CCNC(C)(CC(C)N1CCC(C)C(C)C1)C(=O)O. The summed E-state index contributed by atoms with van der Waals surface area (Å²) in [7, 11) is 0. The molecule has 2 N–H and O–H groups in total. The standard InChI is InChI=1S/C15H30N2O2/c1-6-16-15(5,14(18)19)9-13(4)17-8-7-11(2)12(3)10-17/h11-13,16H,6-10H2,1-5H3,(H,18,19). The van der Waals surface area contributed by atoms with E-state index in [0.717, 1.165) is 19.0 Å². The molecule has 1 fully saturated rings. The first kappa shape index (κ1) is 16.4. The van der Waals surface area contributed by atoms with Crippen molar-refractivity contribution in [3.63, 3.8) is 0 Å². The zero-order valence-electron chi connectivity index (χ0n) is 13.1. The first-order chi connectivity index (χ1) is 8.80. The fourth-order valence-electron chi connectivity index (χ4n) is 3.04. The summed E-state index contributed by atoms with van der Waals surface area (Å²) in [5.74, 6) is 0.731. The van der Waals surface area contributed by atoms with Gasteiger partial charge in [0, 0.05) is 12.6 Å². The third kappa shape index (κ3) is 4.18. The fourth-order valence-corrected chi connectivity index (χ4v) is 3.04. The molecule has 4 nitrogen and oxygen atoms in total. The van der Waals surface area contributed by atoms with Crippen LogP contribution in [0.25, 0.3) is 0 Å². The molecule has 4 atom stereocenters. The lowest BCUT2D eigenvalue weighted by molar-refractivity contribution is -0.145. The molecule has 1 aliphatic heterocycles. The van der Waals surface area contributed by atoms with Crippen molar-refractivity contribution in [1.29, 1.82) is 0 Å². The van der Waals surface area contributed by atoms with E-state index in [9.17, 15) is 9.90 Å². The third-order valence-corrected chi connectivity index (χ3v) is 4.73. The topological polar surface area (TPSA) is 52.6 Å². The van der Waals surface area contributed by atoms with Crippen LogP contribution in [0.3, 0.4) is 0 Å². The molecule has 0 bridgehead atoms. The van der Waals surface area contributed by atoms with Gasteiger partial charge >= 0.3 is 5.97 Å². The van der Waals surface area contributed by atoms with Crippen LogP contribution < -0.4 is 5.32 Å². The molecule has 0 radical (unpaired) electrons. The molecule has 1 aliphatic rings. The lowest BCUT2D eigenvalue weighted by Gasteiger charge is -2.41. The van der Waals surface area contributed by atoms with Gasteiger partial charge in [-0.3, -0.25) is 4.79 Å². The normalized spacial score (nSPS) is 29.7. The van der Waals surface area contributed by atoms with E-state index in [1.807, 2.05) is 6.92 Å². The van der Waals surface area contributed by atoms with Crippen molar-refractivity contribution in [3.05, 3.63) is 0 Å². The minimum atomic E-state index is -0.819. The van der Waals surface area contributed by atoms with Crippen LogP contribution in [-0.2, 0) is 4.79 Å². The fraction of sp³-hybridized carbons (Fsp3) is 0.933. The first-order valence-corrected chi connectivity index (χ1v) is 7.52. The highest BCUT2D eigenvalue weighted by Crippen LogP contribution is 2.26. The van der Waals surface area contributed by atoms with Crippen LogP contribution in [0.5, 0.6) is 0 Å². The van der Waals surface area contributed by atoms with E-state index >= 15 is 0 Å². The maximum Gasteiger partial charge on any atom is 0.323 e. The smallest absolute Gasteiger partial charge is 0.323 e. The van der Waals surface area contributed by atoms with E-state index in [4.69, 9.17) is 0 Å². The number of carboxylic acids is 1. The number of aliphatic carboxylic acids is 1. The lowest BCUT2D eigenvalue weighted by atomic mass is 9.86. The number of carbonyl (C=O) groups is 1. The molecule has 0 aromatic heterocycles. The van der Waals surface area contributed by atoms with Crippen LogP contribution >= 0.6 is 0 Å². The number of hydrogen-bond acceptors (Lipinski definition) is 3. The van der Waals surface area contributed by atoms with E-state index in [-0.39, 0.29) is 0 Å². The molecular formula is C15H30N2O2. The van der Waals surface area contributed by atoms with E-state index < -0.39 is 11.5 Å². The maximum atomic E-state index is 11.5. The molecule has 1 saturated heterocycles. The van der Waals surface area contributed by atoms with Gasteiger partial charge in [0.15, 0.2) is 0 Å². The molecule has 4 unspecified atom stereocenters. The predicted octanol–water partition coefficient (Wildman–Crippen LogP) is 2.20. The molecule has 0 amide bonds. The third-order valence-electron chi connectivity index (χ3n) is 4.73. The van der Waals surface area contributed by atoms with E-state index in [2.05, 4.69) is 31.0 Å². The van der Waals surface area contributed by atoms with Crippen LogP contribution in [0.4, 0.5) is 0 Å². The largest absolute Gasteiger partial charge is 0.480 e. The summed E-state index contributed by atoms with van der Waals surface area (Å²) in [5, 5.41) is 12.5. The van der Waals surface area contributed by atoms with Gasteiger partial charge < -0.3 is 15.3 Å². The zero-order valence-corrected chi connectivity index (χ0v) is 13.1. The van der Waals surface area contributed by atoms with Crippen molar-refractivity contribution in [2.45, 2.75) is 59.0 Å². The number of nitrogens with zero attached hydrogens (tertiary/aromatic N) is 1. The quantitative estimate of drug-likeness (QED) is 0.777. The second-order valence-corrected chi connectivity index (χ2v) is 6.46. The maximum absolute atomic E-state index is 11.5. The van der Waals surface area contributed by atoms with Crippen molar-refractivity contribution in [3.8, 4) is 0 Å². The molecule has 0 aromatic carbocycles. The summed E-state index contributed by atoms with van der Waals surface area (Å²) >= 11 is 0. The summed E-state index contributed by atoms with van der Waals surface area (Å²) in [6.45, 7) is 13.4. The highest BCUT2D eigenvalue weighted by Gasteiger charge is 2.36. The van der Waals surface area contributed by atoms with Gasteiger partial charge in [-0.1, -0.05) is 20.8 Å². The lowest BCUT2D eigenvalue weighted by Crippen LogP contribution is -2.54. The summed E-state index contributed by atoms with van der Waals surface area (Å²) in [5.41, 5.74) is -0.819. The summed E-state index contributed by atoms with van der Waals surface area (Å²) in [6.07, 6.45) is 1.87. The van der Waals surface area contributed by atoms with Crippen LogP contribution in [0.1, 0.15) is 47.5 Å². The van der Waals surface area contributed by atoms with Crippen molar-refractivity contribution in [2.75, 3.05) is 19.6 Å². The first-order valence-electron chi connectivity index (χ1n) is 7.52. The van der Waals surface area contributed by atoms with Gasteiger partial charge in [0.25, 0.3) is 0 Å². The monoisotopic (exact) mass is 270 g/mol. The van der Waals surface area contributed by atoms with E-state index in [0.29, 0.717) is 24.9 Å². The minimum Gasteiger partial charge on any atom is -0.480 e. The Balaban J connectivity index is 2.62. The van der Waals surface area contributed by atoms with Crippen LogP contribution in [0, 0.1) is 11.8 Å². The molecule has 4 heteroatoms. The Morgan fingerprint density at radius 3 is 2.58 bits per heavy atom. The average Bonchev–Trinajstić information content (AvgIpc) is 2.32. The Morgan fingerprint density at radius 1 is 1.47 bits per heavy atom. The number of likely N-dealkylation sites (N-methyl/N-ethyl adjacent to an activating group) is 1. The minimum absolute atomic E-state index is 0.301. The highest BCUT2D eigenvalue weighted by molar-refractivity contribution is 5.78. The number of hydrogen-bond donors (Lipinski definition) is 2. The Morgan fingerprint density at radius 2 is 2.11 bits per heavy atom. The van der Waals surface area contributed by atoms with Gasteiger partial charge in [-0.15, -0.1) is 0 Å². The van der Waals surface area contributed by atoms with Gasteiger partial charge in [-0.25, -0.2) is 0 Å². The van der Waals surface area contributed by atoms with Crippen molar-refractivity contribution >= 4 is 5.97 Å². The Labute approximate surface area is 117 Å². The van der Waals surface area contributed by atoms with Crippen molar-refractivity contribution in [2.24, 2.45) is 11.8 Å². The summed E-state index contributed by atoms with van der Waals surface area (Å²) in [6, 6.07) is 0.301. The number of likely N-dealkylation sites (tertiary alicyclic amines) is 1. The molecule has 112 valence electrons.